The van der Waals surface area contributed by atoms with Crippen molar-refractivity contribution in [3.8, 4) is 0 Å². The SMILES string of the molecule is CCN(CC)C(=O)Cc1ccc(N[C@@H]2CCO[C@@H]2C)cc1. The van der Waals surface area contributed by atoms with Crippen molar-refractivity contribution in [3.05, 3.63) is 29.8 Å². The van der Waals surface area contributed by atoms with Crippen LogP contribution in [0.3, 0.4) is 0 Å². The van der Waals surface area contributed by atoms with Gasteiger partial charge in [0, 0.05) is 25.4 Å². The number of ether oxygens (including phenoxy) is 1. The maximum Gasteiger partial charge on any atom is 0.226 e. The van der Waals surface area contributed by atoms with Crippen LogP contribution in [-0.4, -0.2) is 42.6 Å². The van der Waals surface area contributed by atoms with Crippen molar-refractivity contribution >= 4 is 11.6 Å². The van der Waals surface area contributed by atoms with Crippen LogP contribution in [0.25, 0.3) is 0 Å². The first-order chi connectivity index (χ1) is 10.1. The van der Waals surface area contributed by atoms with E-state index in [0.717, 1.165) is 37.4 Å². The zero-order valence-electron chi connectivity index (χ0n) is 13.3. The molecule has 4 heteroatoms. The van der Waals surface area contributed by atoms with Gasteiger partial charge in [0.1, 0.15) is 0 Å². The molecule has 1 fully saturated rings. The maximum absolute atomic E-state index is 12.1. The summed E-state index contributed by atoms with van der Waals surface area (Å²) in [5, 5.41) is 3.50. The number of amides is 1. The summed E-state index contributed by atoms with van der Waals surface area (Å²) in [5.41, 5.74) is 2.16. The summed E-state index contributed by atoms with van der Waals surface area (Å²) in [6.07, 6.45) is 1.78. The summed E-state index contributed by atoms with van der Waals surface area (Å²) in [5.74, 6) is 0.193. The van der Waals surface area contributed by atoms with Gasteiger partial charge in [-0.05, 0) is 44.9 Å². The second-order valence-corrected chi connectivity index (χ2v) is 5.56. The maximum atomic E-state index is 12.1. The van der Waals surface area contributed by atoms with E-state index >= 15 is 0 Å². The zero-order chi connectivity index (χ0) is 15.2. The summed E-state index contributed by atoms with van der Waals surface area (Å²) < 4.78 is 5.55. The molecular formula is C17H26N2O2. The minimum Gasteiger partial charge on any atom is -0.380 e. The van der Waals surface area contributed by atoms with Gasteiger partial charge in [-0.1, -0.05) is 12.1 Å². The average molecular weight is 290 g/mol. The largest absolute Gasteiger partial charge is 0.380 e. The number of likely N-dealkylation sites (N-methyl/N-ethyl adjacent to an activating group) is 1. The van der Waals surface area contributed by atoms with E-state index in [1.807, 2.05) is 30.9 Å². The third kappa shape index (κ3) is 4.21. The number of benzene rings is 1. The van der Waals surface area contributed by atoms with Crippen LogP contribution in [0, 0.1) is 0 Å². The second kappa shape index (κ2) is 7.46. The molecule has 1 aromatic carbocycles. The zero-order valence-corrected chi connectivity index (χ0v) is 13.3. The topological polar surface area (TPSA) is 41.6 Å². The average Bonchev–Trinajstić information content (AvgIpc) is 2.88. The van der Waals surface area contributed by atoms with Crippen molar-refractivity contribution in [2.75, 3.05) is 25.0 Å². The molecule has 21 heavy (non-hydrogen) atoms. The van der Waals surface area contributed by atoms with Crippen molar-refractivity contribution in [2.45, 2.75) is 45.8 Å². The third-order valence-corrected chi connectivity index (χ3v) is 4.15. The van der Waals surface area contributed by atoms with Gasteiger partial charge < -0.3 is 15.0 Å². The molecule has 1 aromatic rings. The summed E-state index contributed by atoms with van der Waals surface area (Å²) in [4.78, 5) is 13.9. The van der Waals surface area contributed by atoms with Gasteiger partial charge in [-0.15, -0.1) is 0 Å². The van der Waals surface area contributed by atoms with E-state index in [4.69, 9.17) is 4.74 Å². The fraction of sp³-hybridized carbons (Fsp3) is 0.588. The Morgan fingerprint density at radius 2 is 1.95 bits per heavy atom. The highest BCUT2D eigenvalue weighted by atomic mass is 16.5. The minimum atomic E-state index is 0.193. The van der Waals surface area contributed by atoms with Crippen LogP contribution in [0.4, 0.5) is 5.69 Å². The first kappa shape index (κ1) is 15.8. The van der Waals surface area contributed by atoms with Crippen molar-refractivity contribution in [3.63, 3.8) is 0 Å². The Labute approximate surface area is 127 Å². The van der Waals surface area contributed by atoms with Crippen molar-refractivity contribution in [1.82, 2.24) is 4.90 Å². The Kier molecular flexibility index (Phi) is 5.62. The van der Waals surface area contributed by atoms with E-state index in [2.05, 4.69) is 24.4 Å². The smallest absolute Gasteiger partial charge is 0.226 e. The number of nitrogens with zero attached hydrogens (tertiary/aromatic N) is 1. The van der Waals surface area contributed by atoms with E-state index in [9.17, 15) is 4.79 Å². The molecule has 0 bridgehead atoms. The van der Waals surface area contributed by atoms with E-state index in [0.29, 0.717) is 12.5 Å². The van der Waals surface area contributed by atoms with Gasteiger partial charge in [0.05, 0.1) is 18.6 Å². The summed E-state index contributed by atoms with van der Waals surface area (Å²) >= 11 is 0. The first-order valence-electron chi connectivity index (χ1n) is 7.88. The molecule has 1 aliphatic rings. The molecule has 2 atom stereocenters. The van der Waals surface area contributed by atoms with E-state index in [1.165, 1.54) is 0 Å². The molecule has 0 radical (unpaired) electrons. The van der Waals surface area contributed by atoms with Crippen molar-refractivity contribution in [1.29, 1.82) is 0 Å². The van der Waals surface area contributed by atoms with Gasteiger partial charge in [-0.3, -0.25) is 4.79 Å². The summed E-state index contributed by atoms with van der Waals surface area (Å²) in [6, 6.07) is 8.55. The first-order valence-corrected chi connectivity index (χ1v) is 7.88. The van der Waals surface area contributed by atoms with Crippen LogP contribution >= 0.6 is 0 Å². The highest BCUT2D eigenvalue weighted by molar-refractivity contribution is 5.78. The van der Waals surface area contributed by atoms with Crippen LogP contribution in [0.15, 0.2) is 24.3 Å². The highest BCUT2D eigenvalue weighted by Crippen LogP contribution is 2.19. The third-order valence-electron chi connectivity index (χ3n) is 4.15. The van der Waals surface area contributed by atoms with Crippen molar-refractivity contribution in [2.24, 2.45) is 0 Å². The highest BCUT2D eigenvalue weighted by Gasteiger charge is 2.23. The van der Waals surface area contributed by atoms with Gasteiger partial charge in [-0.2, -0.15) is 0 Å². The predicted octanol–water partition coefficient (Wildman–Crippen LogP) is 2.69. The number of rotatable bonds is 6. The Balaban J connectivity index is 1.91. The molecule has 0 aliphatic carbocycles. The Bertz CT molecular complexity index is 454. The normalized spacial score (nSPS) is 21.3. The predicted molar refractivity (Wildman–Crippen MR) is 85.5 cm³/mol. The molecule has 116 valence electrons. The quantitative estimate of drug-likeness (QED) is 0.876. The van der Waals surface area contributed by atoms with Gasteiger partial charge in [-0.25, -0.2) is 0 Å². The number of hydrogen-bond acceptors (Lipinski definition) is 3. The minimum absolute atomic E-state index is 0.193. The Morgan fingerprint density at radius 1 is 1.29 bits per heavy atom. The van der Waals surface area contributed by atoms with Gasteiger partial charge in [0.25, 0.3) is 0 Å². The molecule has 1 amide bonds. The van der Waals surface area contributed by atoms with E-state index in [-0.39, 0.29) is 12.0 Å². The number of carbonyl (C=O) groups excluding carboxylic acids is 1. The van der Waals surface area contributed by atoms with Gasteiger partial charge in [0.15, 0.2) is 0 Å². The molecule has 1 saturated heterocycles. The molecule has 4 nitrogen and oxygen atoms in total. The Morgan fingerprint density at radius 3 is 2.48 bits per heavy atom. The lowest BCUT2D eigenvalue weighted by Gasteiger charge is -2.19. The molecule has 0 aromatic heterocycles. The van der Waals surface area contributed by atoms with E-state index < -0.39 is 0 Å². The van der Waals surface area contributed by atoms with Crippen LogP contribution < -0.4 is 5.32 Å². The molecule has 1 aliphatic heterocycles. The summed E-state index contributed by atoms with van der Waals surface area (Å²) in [7, 11) is 0. The summed E-state index contributed by atoms with van der Waals surface area (Å²) in [6.45, 7) is 8.50. The fourth-order valence-corrected chi connectivity index (χ4v) is 2.72. The molecule has 0 unspecified atom stereocenters. The lowest BCUT2D eigenvalue weighted by atomic mass is 10.1. The monoisotopic (exact) mass is 290 g/mol. The lowest BCUT2D eigenvalue weighted by Crippen LogP contribution is -2.31. The molecule has 1 heterocycles. The van der Waals surface area contributed by atoms with Crippen LogP contribution in [0.2, 0.25) is 0 Å². The lowest BCUT2D eigenvalue weighted by molar-refractivity contribution is -0.130. The second-order valence-electron chi connectivity index (χ2n) is 5.56. The molecule has 2 rings (SSSR count). The van der Waals surface area contributed by atoms with Crippen LogP contribution in [0.1, 0.15) is 32.8 Å². The Hall–Kier alpha value is -1.55. The molecule has 0 spiro atoms. The molecular weight excluding hydrogens is 264 g/mol. The molecule has 0 saturated carbocycles. The van der Waals surface area contributed by atoms with Crippen LogP contribution in [-0.2, 0) is 16.0 Å². The fourth-order valence-electron chi connectivity index (χ4n) is 2.72. The number of nitrogens with one attached hydrogen (secondary N) is 1. The standard InChI is InChI=1S/C17H26N2O2/c1-4-19(5-2)17(20)12-14-6-8-15(9-7-14)18-16-10-11-21-13(16)3/h6-9,13,16,18H,4-5,10-12H2,1-3H3/t13-,16-/m1/s1. The number of hydrogen-bond donors (Lipinski definition) is 1. The number of anilines is 1. The molecule has 1 N–H and O–H groups in total. The van der Waals surface area contributed by atoms with Gasteiger partial charge in [0.2, 0.25) is 5.91 Å². The van der Waals surface area contributed by atoms with E-state index in [1.54, 1.807) is 0 Å². The number of carbonyl (C=O) groups is 1. The van der Waals surface area contributed by atoms with Crippen LogP contribution in [0.5, 0.6) is 0 Å². The van der Waals surface area contributed by atoms with Crippen molar-refractivity contribution < 1.29 is 9.53 Å². The van der Waals surface area contributed by atoms with Gasteiger partial charge >= 0.3 is 0 Å².